The molecule has 0 fully saturated rings. The Morgan fingerprint density at radius 2 is 2.04 bits per heavy atom. The number of sulfonamides is 1. The molecule has 0 saturated carbocycles. The van der Waals surface area contributed by atoms with Gasteiger partial charge in [-0.3, -0.25) is 4.98 Å². The summed E-state index contributed by atoms with van der Waals surface area (Å²) < 4.78 is 27.4. The van der Waals surface area contributed by atoms with Gasteiger partial charge in [-0.25, -0.2) is 17.9 Å². The molecular weight excluding hydrogens is 352 g/mol. The van der Waals surface area contributed by atoms with Gasteiger partial charge in [-0.1, -0.05) is 25.5 Å². The molecule has 0 unspecified atom stereocenters. The van der Waals surface area contributed by atoms with Gasteiger partial charge in [-0.05, 0) is 37.1 Å². The van der Waals surface area contributed by atoms with Crippen molar-refractivity contribution in [3.63, 3.8) is 0 Å². The molecule has 0 aliphatic carbocycles. The van der Waals surface area contributed by atoms with Crippen LogP contribution in [-0.2, 0) is 10.0 Å². The normalized spacial score (nSPS) is 11.0. The number of benzene rings is 1. The molecule has 0 aliphatic heterocycles. The molecule has 8 heteroatoms. The summed E-state index contributed by atoms with van der Waals surface area (Å²) in [7, 11) is -2.49. The van der Waals surface area contributed by atoms with E-state index in [1.165, 1.54) is 17.3 Å². The Labute approximate surface area is 154 Å². The third-order valence-corrected chi connectivity index (χ3v) is 5.13. The zero-order valence-corrected chi connectivity index (χ0v) is 16.0. The molecule has 0 radical (unpaired) electrons. The zero-order chi connectivity index (χ0) is 19.2. The first-order chi connectivity index (χ1) is 12.3. The average Bonchev–Trinajstić information content (AvgIpc) is 2.59. The van der Waals surface area contributed by atoms with E-state index >= 15 is 0 Å². The number of nitrogens with one attached hydrogen (secondary N) is 2. The fourth-order valence-electron chi connectivity index (χ4n) is 2.32. The number of carbonyl (C=O) groups excluding carboxylic acids is 1. The van der Waals surface area contributed by atoms with Crippen LogP contribution in [0.15, 0.2) is 47.6 Å². The number of hydrogen-bond donors (Lipinski definition) is 2. The smallest absolute Gasteiger partial charge is 0.331 e. The minimum absolute atomic E-state index is 0.0845. The van der Waals surface area contributed by atoms with Crippen LogP contribution in [0.5, 0.6) is 0 Å². The van der Waals surface area contributed by atoms with Crippen LogP contribution in [-0.4, -0.2) is 37.9 Å². The molecule has 7 nitrogen and oxygen atoms in total. The van der Waals surface area contributed by atoms with Gasteiger partial charge in [0.25, 0.3) is 10.0 Å². The first kappa shape index (κ1) is 19.7. The fourth-order valence-corrected chi connectivity index (χ4v) is 3.42. The van der Waals surface area contributed by atoms with Crippen LogP contribution in [0.1, 0.15) is 25.3 Å². The second kappa shape index (κ2) is 8.66. The van der Waals surface area contributed by atoms with Crippen LogP contribution >= 0.6 is 0 Å². The highest BCUT2D eigenvalue weighted by atomic mass is 32.2. The molecule has 2 rings (SSSR count). The predicted molar refractivity (Wildman–Crippen MR) is 102 cm³/mol. The Morgan fingerprint density at radius 1 is 1.27 bits per heavy atom. The van der Waals surface area contributed by atoms with Gasteiger partial charge in [0.15, 0.2) is 0 Å². The van der Waals surface area contributed by atoms with Crippen LogP contribution in [0.2, 0.25) is 0 Å². The number of pyridine rings is 1. The van der Waals surface area contributed by atoms with Crippen molar-refractivity contribution in [2.45, 2.75) is 31.6 Å². The minimum atomic E-state index is -4.06. The molecular formula is C18H24N4O3S. The van der Waals surface area contributed by atoms with Gasteiger partial charge in [0, 0.05) is 31.7 Å². The molecule has 2 N–H and O–H groups in total. The monoisotopic (exact) mass is 376 g/mol. The van der Waals surface area contributed by atoms with Crippen LogP contribution < -0.4 is 10.0 Å². The van der Waals surface area contributed by atoms with E-state index in [1.807, 2.05) is 38.1 Å². The van der Waals surface area contributed by atoms with E-state index in [1.54, 1.807) is 13.1 Å². The van der Waals surface area contributed by atoms with Gasteiger partial charge in [0.2, 0.25) is 0 Å². The molecule has 0 atom stereocenters. The third kappa shape index (κ3) is 5.19. The van der Waals surface area contributed by atoms with E-state index in [0.717, 1.165) is 24.1 Å². The highest BCUT2D eigenvalue weighted by Gasteiger charge is 2.23. The van der Waals surface area contributed by atoms with Gasteiger partial charge in [-0.2, -0.15) is 0 Å². The maximum atomic E-state index is 12.7. The number of aryl methyl sites for hydroxylation is 1. The Kier molecular flexibility index (Phi) is 6.57. The van der Waals surface area contributed by atoms with Crippen LogP contribution in [0, 0.1) is 6.92 Å². The summed E-state index contributed by atoms with van der Waals surface area (Å²) in [4.78, 5) is 17.3. The van der Waals surface area contributed by atoms with Crippen LogP contribution in [0.3, 0.4) is 0 Å². The summed E-state index contributed by atoms with van der Waals surface area (Å²) in [5.41, 5.74) is 2.14. The number of aromatic nitrogens is 1. The number of hydrogen-bond acceptors (Lipinski definition) is 5. The van der Waals surface area contributed by atoms with Crippen LogP contribution in [0.4, 0.5) is 16.2 Å². The number of amides is 2. The summed E-state index contributed by atoms with van der Waals surface area (Å²) in [6, 6.07) is 8.44. The molecule has 26 heavy (non-hydrogen) atoms. The van der Waals surface area contributed by atoms with Crippen molar-refractivity contribution >= 4 is 27.4 Å². The SMILES string of the molecule is CCCCN(C)C(=O)NS(=O)(=O)c1cnccc1Nc1cccc(C)c1. The van der Waals surface area contributed by atoms with Gasteiger partial charge < -0.3 is 10.2 Å². The van der Waals surface area contributed by atoms with Crippen molar-refractivity contribution in [2.75, 3.05) is 18.9 Å². The van der Waals surface area contributed by atoms with Gasteiger partial charge >= 0.3 is 6.03 Å². The van der Waals surface area contributed by atoms with Crippen molar-refractivity contribution in [2.24, 2.45) is 0 Å². The molecule has 2 amide bonds. The topological polar surface area (TPSA) is 91.4 Å². The maximum Gasteiger partial charge on any atom is 0.331 e. The van der Waals surface area contributed by atoms with E-state index in [2.05, 4.69) is 15.0 Å². The van der Waals surface area contributed by atoms with E-state index < -0.39 is 16.1 Å². The lowest BCUT2D eigenvalue weighted by molar-refractivity contribution is 0.214. The Balaban J connectivity index is 2.23. The number of carbonyl (C=O) groups is 1. The molecule has 0 saturated heterocycles. The average molecular weight is 376 g/mol. The highest BCUT2D eigenvalue weighted by molar-refractivity contribution is 7.90. The second-order valence-corrected chi connectivity index (χ2v) is 7.70. The lowest BCUT2D eigenvalue weighted by atomic mass is 10.2. The van der Waals surface area contributed by atoms with Gasteiger partial charge in [-0.15, -0.1) is 0 Å². The van der Waals surface area contributed by atoms with Crippen LogP contribution in [0.25, 0.3) is 0 Å². The summed E-state index contributed by atoms with van der Waals surface area (Å²) in [5.74, 6) is 0. The largest absolute Gasteiger partial charge is 0.354 e. The van der Waals surface area contributed by atoms with E-state index in [4.69, 9.17) is 0 Å². The lowest BCUT2D eigenvalue weighted by Crippen LogP contribution is -2.41. The molecule has 1 heterocycles. The molecule has 2 aromatic rings. The van der Waals surface area contributed by atoms with E-state index in [9.17, 15) is 13.2 Å². The number of nitrogens with zero attached hydrogens (tertiary/aromatic N) is 2. The lowest BCUT2D eigenvalue weighted by Gasteiger charge is -2.18. The Hall–Kier alpha value is -2.61. The number of anilines is 2. The maximum absolute atomic E-state index is 12.7. The molecule has 0 aliphatic rings. The Morgan fingerprint density at radius 3 is 2.73 bits per heavy atom. The highest BCUT2D eigenvalue weighted by Crippen LogP contribution is 2.24. The number of urea groups is 1. The fraction of sp³-hybridized carbons (Fsp3) is 0.333. The molecule has 1 aromatic heterocycles. The minimum Gasteiger partial charge on any atom is -0.354 e. The number of rotatable bonds is 7. The summed E-state index contributed by atoms with van der Waals surface area (Å²) in [6.07, 6.45) is 4.43. The van der Waals surface area contributed by atoms with E-state index in [0.29, 0.717) is 12.2 Å². The number of unbranched alkanes of at least 4 members (excludes halogenated alkanes) is 1. The molecule has 1 aromatic carbocycles. The van der Waals surface area contributed by atoms with Crippen molar-refractivity contribution < 1.29 is 13.2 Å². The molecule has 140 valence electrons. The standard InChI is InChI=1S/C18H24N4O3S/c1-4-5-11-22(3)18(23)21-26(24,25)17-13-19-10-9-16(17)20-15-8-6-7-14(2)12-15/h6-10,12-13H,4-5,11H2,1-3H3,(H,19,20)(H,21,23). The summed E-state index contributed by atoms with van der Waals surface area (Å²) >= 11 is 0. The van der Waals surface area contributed by atoms with Crippen molar-refractivity contribution in [3.05, 3.63) is 48.3 Å². The van der Waals surface area contributed by atoms with Gasteiger partial charge in [0.05, 0.1) is 5.69 Å². The van der Waals surface area contributed by atoms with Crippen molar-refractivity contribution in [1.29, 1.82) is 0 Å². The third-order valence-electron chi connectivity index (χ3n) is 3.79. The summed E-state index contributed by atoms with van der Waals surface area (Å²) in [5, 5.41) is 3.07. The summed E-state index contributed by atoms with van der Waals surface area (Å²) in [6.45, 7) is 4.43. The van der Waals surface area contributed by atoms with Gasteiger partial charge in [0.1, 0.15) is 4.90 Å². The first-order valence-electron chi connectivity index (χ1n) is 8.39. The van der Waals surface area contributed by atoms with Crippen molar-refractivity contribution in [3.8, 4) is 0 Å². The zero-order valence-electron chi connectivity index (χ0n) is 15.2. The van der Waals surface area contributed by atoms with E-state index in [-0.39, 0.29) is 4.90 Å². The Bertz CT molecular complexity index is 868. The quantitative estimate of drug-likeness (QED) is 0.774. The van der Waals surface area contributed by atoms with Crippen molar-refractivity contribution in [1.82, 2.24) is 14.6 Å². The second-order valence-electron chi connectivity index (χ2n) is 6.05. The molecule has 0 spiro atoms. The first-order valence-corrected chi connectivity index (χ1v) is 9.87. The predicted octanol–water partition coefficient (Wildman–Crippen LogP) is 3.26. The molecule has 0 bridgehead atoms.